The zero-order chi connectivity index (χ0) is 23.6. The summed E-state index contributed by atoms with van der Waals surface area (Å²) in [7, 11) is 0. The average Bonchev–Trinajstić information content (AvgIpc) is 3.77. The van der Waals surface area contributed by atoms with E-state index in [1.165, 1.54) is 71.5 Å². The lowest BCUT2D eigenvalue weighted by atomic mass is 9.84. The molecular weight excluding hydrogens is 464 g/mol. The third-order valence-electron chi connectivity index (χ3n) is 8.94. The van der Waals surface area contributed by atoms with Crippen molar-refractivity contribution in [3.8, 4) is 32.3 Å². The molecule has 1 saturated carbocycles. The smallest absolute Gasteiger partial charge is 0.123 e. The lowest BCUT2D eigenvalue weighted by Crippen LogP contribution is -2.14. The third kappa shape index (κ3) is 3.36. The van der Waals surface area contributed by atoms with Crippen molar-refractivity contribution in [3.63, 3.8) is 0 Å². The fourth-order valence-electron chi connectivity index (χ4n) is 7.22. The van der Waals surface area contributed by atoms with Gasteiger partial charge in [0.1, 0.15) is 11.6 Å². The van der Waals surface area contributed by atoms with E-state index in [9.17, 15) is 0 Å². The molecule has 8 rings (SSSR count). The summed E-state index contributed by atoms with van der Waals surface area (Å²) in [5, 5.41) is 7.13. The van der Waals surface area contributed by atoms with Crippen LogP contribution >= 0.6 is 11.3 Å². The van der Waals surface area contributed by atoms with Gasteiger partial charge in [-0.15, -0.1) is 11.3 Å². The number of thiophene rings is 1. The third-order valence-corrected chi connectivity index (χ3v) is 10.1. The van der Waals surface area contributed by atoms with Crippen LogP contribution in [0.4, 0.5) is 0 Å². The molecule has 6 nitrogen and oxygen atoms in total. The van der Waals surface area contributed by atoms with Crippen LogP contribution in [0.5, 0.6) is 0 Å². The number of nitrogens with zero attached hydrogens (tertiary/aromatic N) is 2. The predicted octanol–water partition coefficient (Wildman–Crippen LogP) is 6.41. The first-order valence-electron chi connectivity index (χ1n) is 13.7. The molecule has 3 fully saturated rings. The van der Waals surface area contributed by atoms with E-state index in [-0.39, 0.29) is 0 Å². The second kappa shape index (κ2) is 8.40. The number of rotatable bonds is 5. The number of H-pyrrole nitrogens is 2. The van der Waals surface area contributed by atoms with Crippen molar-refractivity contribution in [2.45, 2.75) is 68.9 Å². The van der Waals surface area contributed by atoms with Crippen LogP contribution in [-0.4, -0.2) is 33.0 Å². The largest absolute Gasteiger partial charge is 0.341 e. The molecule has 1 aromatic carbocycles. The first-order chi connectivity index (χ1) is 17.8. The maximum Gasteiger partial charge on any atom is 0.123 e. The summed E-state index contributed by atoms with van der Waals surface area (Å²) in [6.45, 7) is 2.18. The van der Waals surface area contributed by atoms with E-state index in [4.69, 9.17) is 9.97 Å². The number of aromatic nitrogens is 4. The van der Waals surface area contributed by atoms with E-state index in [2.05, 4.69) is 51.1 Å². The molecule has 7 heteroatoms. The van der Waals surface area contributed by atoms with Gasteiger partial charge in [0, 0.05) is 10.4 Å². The van der Waals surface area contributed by atoms with Gasteiger partial charge in [-0.05, 0) is 98.7 Å². The molecule has 4 N–H and O–H groups in total. The van der Waals surface area contributed by atoms with Gasteiger partial charge in [-0.1, -0.05) is 12.1 Å². The molecular formula is C29H32N6S. The Morgan fingerprint density at radius 2 is 1.28 bits per heavy atom. The molecule has 2 aliphatic heterocycles. The number of hydrogen-bond acceptors (Lipinski definition) is 5. The second-order valence-corrected chi connectivity index (χ2v) is 12.1. The van der Waals surface area contributed by atoms with Gasteiger partial charge in [-0.2, -0.15) is 0 Å². The fourth-order valence-corrected chi connectivity index (χ4v) is 8.24. The topological polar surface area (TPSA) is 81.4 Å². The fraction of sp³-hybridized carbons (Fsp3) is 0.448. The quantitative estimate of drug-likeness (QED) is 0.257. The summed E-state index contributed by atoms with van der Waals surface area (Å²) < 4.78 is 0. The number of fused-ring (bicyclic) bond motifs is 5. The molecule has 5 heterocycles. The monoisotopic (exact) mass is 496 g/mol. The average molecular weight is 497 g/mol. The summed E-state index contributed by atoms with van der Waals surface area (Å²) in [5.41, 5.74) is 8.32. The minimum absolute atomic E-state index is 0.372. The van der Waals surface area contributed by atoms with Crippen LogP contribution < -0.4 is 10.6 Å². The van der Waals surface area contributed by atoms with Crippen molar-refractivity contribution in [3.05, 3.63) is 59.4 Å². The zero-order valence-corrected chi connectivity index (χ0v) is 21.3. The van der Waals surface area contributed by atoms with Crippen LogP contribution in [0.3, 0.4) is 0 Å². The number of benzene rings is 1. The molecule has 4 atom stereocenters. The molecule has 4 aromatic rings. The van der Waals surface area contributed by atoms with Crippen molar-refractivity contribution in [1.29, 1.82) is 0 Å². The van der Waals surface area contributed by atoms with Gasteiger partial charge in [-0.3, -0.25) is 0 Å². The van der Waals surface area contributed by atoms with Crippen LogP contribution in [0.25, 0.3) is 32.3 Å². The van der Waals surface area contributed by atoms with E-state index in [1.807, 2.05) is 17.5 Å². The molecule has 0 amide bonds. The minimum Gasteiger partial charge on any atom is -0.341 e. The van der Waals surface area contributed by atoms with Crippen molar-refractivity contribution in [2.24, 2.45) is 0 Å². The number of imidazole rings is 2. The predicted molar refractivity (Wildman–Crippen MR) is 144 cm³/mol. The summed E-state index contributed by atoms with van der Waals surface area (Å²) >= 11 is 1.89. The maximum absolute atomic E-state index is 4.78. The van der Waals surface area contributed by atoms with Crippen molar-refractivity contribution >= 4 is 11.3 Å². The second-order valence-electron chi connectivity index (χ2n) is 11.0. The molecule has 2 bridgehead atoms. The Hall–Kier alpha value is -2.74. The zero-order valence-electron chi connectivity index (χ0n) is 20.4. The van der Waals surface area contributed by atoms with E-state index in [0.29, 0.717) is 23.9 Å². The highest BCUT2D eigenvalue weighted by molar-refractivity contribution is 7.18. The van der Waals surface area contributed by atoms with Crippen LogP contribution in [0.15, 0.2) is 36.7 Å². The van der Waals surface area contributed by atoms with Gasteiger partial charge in [0.25, 0.3) is 0 Å². The Bertz CT molecular complexity index is 1420. The summed E-state index contributed by atoms with van der Waals surface area (Å²) in [6.07, 6.45) is 12.8. The first-order valence-corrected chi connectivity index (χ1v) is 14.5. The van der Waals surface area contributed by atoms with Crippen LogP contribution in [0, 0.1) is 0 Å². The number of hydrogen-bond donors (Lipinski definition) is 4. The lowest BCUT2D eigenvalue weighted by molar-refractivity contribution is 0.613. The standard InChI is InChI=1S/C29H32N6S/c1-3-20(30-11-1)28-32-14-22(34-28)18-7-8-19(27-17-6-5-16(13-17)26(18)27)24-9-10-25(36-24)23-15-33-29(35-23)21-4-2-12-31-21/h7-10,14-17,20-21,30-31H,1-6,11-13H2,(H,32,34)(H,33,35)/t16?,17?,20-,21?/m0/s1. The highest BCUT2D eigenvalue weighted by atomic mass is 32.1. The molecule has 36 heavy (non-hydrogen) atoms. The van der Waals surface area contributed by atoms with E-state index in [1.54, 1.807) is 11.1 Å². The molecule has 2 aliphatic carbocycles. The molecule has 2 saturated heterocycles. The molecule has 3 aromatic heterocycles. The summed E-state index contributed by atoms with van der Waals surface area (Å²) in [6, 6.07) is 10.1. The normalized spacial score (nSPS) is 26.8. The Morgan fingerprint density at radius 3 is 1.97 bits per heavy atom. The van der Waals surface area contributed by atoms with Gasteiger partial charge >= 0.3 is 0 Å². The minimum atomic E-state index is 0.372. The molecule has 0 radical (unpaired) electrons. The molecule has 3 unspecified atom stereocenters. The summed E-state index contributed by atoms with van der Waals surface area (Å²) in [4.78, 5) is 19.4. The SMILES string of the molecule is c1nc(C2CCCN2)[nH]c1-c1ccc(-c2ccc(-c3cnc([C@@H]4CCCN4)[nH]3)c3c2C2CCC3C2)s1. The molecule has 0 spiro atoms. The van der Waals surface area contributed by atoms with Crippen LogP contribution in [0.1, 0.15) is 91.6 Å². The van der Waals surface area contributed by atoms with Gasteiger partial charge in [0.05, 0.1) is 40.7 Å². The van der Waals surface area contributed by atoms with E-state index >= 15 is 0 Å². The first kappa shape index (κ1) is 21.4. The van der Waals surface area contributed by atoms with Crippen molar-refractivity contribution in [1.82, 2.24) is 30.6 Å². The number of nitrogens with one attached hydrogen (secondary N) is 4. The molecule has 4 aliphatic rings. The van der Waals surface area contributed by atoms with Gasteiger partial charge in [0.2, 0.25) is 0 Å². The Kier molecular flexibility index (Phi) is 4.98. The van der Waals surface area contributed by atoms with E-state index < -0.39 is 0 Å². The highest BCUT2D eigenvalue weighted by Gasteiger charge is 2.40. The lowest BCUT2D eigenvalue weighted by Gasteiger charge is -2.21. The Morgan fingerprint density at radius 1 is 0.667 bits per heavy atom. The van der Waals surface area contributed by atoms with Gasteiger partial charge in [-0.25, -0.2) is 9.97 Å². The highest BCUT2D eigenvalue weighted by Crippen LogP contribution is 2.58. The van der Waals surface area contributed by atoms with Crippen LogP contribution in [-0.2, 0) is 0 Å². The summed E-state index contributed by atoms with van der Waals surface area (Å²) in [5.74, 6) is 3.55. The van der Waals surface area contributed by atoms with Gasteiger partial charge in [0.15, 0.2) is 0 Å². The number of aromatic amines is 2. The maximum atomic E-state index is 4.78. The van der Waals surface area contributed by atoms with Crippen molar-refractivity contribution in [2.75, 3.05) is 13.1 Å². The van der Waals surface area contributed by atoms with Gasteiger partial charge < -0.3 is 20.6 Å². The molecule has 184 valence electrons. The van der Waals surface area contributed by atoms with E-state index in [0.717, 1.165) is 30.4 Å². The van der Waals surface area contributed by atoms with Crippen LogP contribution in [0.2, 0.25) is 0 Å². The van der Waals surface area contributed by atoms with Crippen molar-refractivity contribution < 1.29 is 0 Å². The Balaban J connectivity index is 1.15. The Labute approximate surface area is 215 Å².